The Labute approximate surface area is 141 Å². The van der Waals surface area contributed by atoms with E-state index < -0.39 is 0 Å². The van der Waals surface area contributed by atoms with Crippen LogP contribution in [0.15, 0.2) is 28.1 Å². The molecular weight excluding hydrogens is 433 g/mol. The van der Waals surface area contributed by atoms with Crippen LogP contribution in [0.1, 0.15) is 34.5 Å². The van der Waals surface area contributed by atoms with Gasteiger partial charge in [0.05, 0.1) is 9.83 Å². The summed E-state index contributed by atoms with van der Waals surface area (Å²) in [5, 5.41) is 3.62. The molecule has 1 heterocycles. The number of nitrogens with one attached hydrogen (secondary N) is 1. The minimum atomic E-state index is 0.277. The fourth-order valence-corrected chi connectivity index (χ4v) is 4.65. The van der Waals surface area contributed by atoms with E-state index in [0.717, 1.165) is 6.54 Å². The van der Waals surface area contributed by atoms with E-state index in [-0.39, 0.29) is 6.04 Å². The summed E-state index contributed by atoms with van der Waals surface area (Å²) < 4.78 is 2.55. The molecule has 0 spiro atoms. The lowest BCUT2D eigenvalue weighted by Crippen LogP contribution is -2.23. The summed E-state index contributed by atoms with van der Waals surface area (Å²) in [6, 6.07) is 9.07. The molecule has 0 aliphatic carbocycles. The van der Waals surface area contributed by atoms with E-state index in [1.807, 2.05) is 0 Å². The van der Waals surface area contributed by atoms with E-state index in [1.165, 1.54) is 28.9 Å². The van der Waals surface area contributed by atoms with Crippen LogP contribution in [0.3, 0.4) is 0 Å². The molecule has 1 N–H and O–H groups in total. The topological polar surface area (TPSA) is 12.0 Å². The van der Waals surface area contributed by atoms with Crippen molar-refractivity contribution >= 4 is 49.9 Å². The van der Waals surface area contributed by atoms with Crippen molar-refractivity contribution in [2.24, 2.45) is 0 Å². The second-order valence-electron chi connectivity index (χ2n) is 4.53. The van der Waals surface area contributed by atoms with Gasteiger partial charge < -0.3 is 5.32 Å². The molecule has 1 unspecified atom stereocenters. The summed E-state index contributed by atoms with van der Waals surface area (Å²) in [4.78, 5) is 1.37. The quantitative estimate of drug-likeness (QED) is 0.613. The van der Waals surface area contributed by atoms with Crippen molar-refractivity contribution in [3.63, 3.8) is 0 Å². The van der Waals surface area contributed by atoms with Crippen LogP contribution in [0.25, 0.3) is 0 Å². The maximum absolute atomic E-state index is 3.62. The molecule has 4 heteroatoms. The zero-order chi connectivity index (χ0) is 14.0. The normalized spacial score (nSPS) is 12.7. The molecular formula is C15H17BrINS. The van der Waals surface area contributed by atoms with Gasteiger partial charge in [-0.2, -0.15) is 0 Å². The highest BCUT2D eigenvalue weighted by molar-refractivity contribution is 14.1. The fraction of sp³-hybridized carbons (Fsp3) is 0.333. The van der Waals surface area contributed by atoms with Crippen LogP contribution in [0.2, 0.25) is 0 Å². The van der Waals surface area contributed by atoms with E-state index in [9.17, 15) is 0 Å². The molecule has 0 aliphatic rings. The predicted octanol–water partition coefficient (Wildman–Crippen LogP) is 5.43. The third-order valence-corrected chi connectivity index (χ3v) is 6.22. The lowest BCUT2D eigenvalue weighted by Gasteiger charge is -2.21. The first kappa shape index (κ1) is 15.5. The van der Waals surface area contributed by atoms with Crippen LogP contribution < -0.4 is 5.32 Å². The lowest BCUT2D eigenvalue weighted by molar-refractivity contribution is 0.627. The molecule has 1 atom stereocenters. The van der Waals surface area contributed by atoms with Crippen molar-refractivity contribution in [1.29, 1.82) is 0 Å². The summed E-state index contributed by atoms with van der Waals surface area (Å²) >= 11 is 7.86. The monoisotopic (exact) mass is 449 g/mol. The second kappa shape index (κ2) is 6.70. The highest BCUT2D eigenvalue weighted by Gasteiger charge is 2.20. The van der Waals surface area contributed by atoms with Gasteiger partial charge in [-0.3, -0.25) is 0 Å². The Bertz CT molecular complexity index is 580. The van der Waals surface area contributed by atoms with E-state index in [0.29, 0.717) is 0 Å². The zero-order valence-corrected chi connectivity index (χ0v) is 15.8. The fourth-order valence-electron chi connectivity index (χ4n) is 2.23. The standard InChI is InChI=1S/C15H17BrINS/c1-4-18-15(12-8-13(16)19-10(12)3)11-7-5-6-9(2)14(11)17/h5-8,15,18H,4H2,1-3H3. The maximum atomic E-state index is 3.62. The van der Waals surface area contributed by atoms with Crippen LogP contribution >= 0.6 is 49.9 Å². The van der Waals surface area contributed by atoms with Crippen molar-refractivity contribution in [2.45, 2.75) is 26.8 Å². The van der Waals surface area contributed by atoms with Crippen molar-refractivity contribution in [1.82, 2.24) is 5.32 Å². The number of halogens is 2. The molecule has 1 nitrogen and oxygen atoms in total. The highest BCUT2D eigenvalue weighted by atomic mass is 127. The number of thiophene rings is 1. The van der Waals surface area contributed by atoms with Gasteiger partial charge in [0, 0.05) is 8.45 Å². The molecule has 0 saturated carbocycles. The second-order valence-corrected chi connectivity index (χ2v) is 8.25. The largest absolute Gasteiger partial charge is 0.306 e. The predicted molar refractivity (Wildman–Crippen MR) is 96.2 cm³/mol. The Morgan fingerprint density at radius 1 is 1.32 bits per heavy atom. The summed E-state index contributed by atoms with van der Waals surface area (Å²) in [5.74, 6) is 0. The number of aryl methyl sites for hydroxylation is 2. The minimum Gasteiger partial charge on any atom is -0.306 e. The number of benzene rings is 1. The Hall–Kier alpha value is 0.0900. The zero-order valence-electron chi connectivity index (χ0n) is 11.3. The molecule has 0 aliphatic heterocycles. The van der Waals surface area contributed by atoms with Gasteiger partial charge in [-0.05, 0) is 81.7 Å². The summed E-state index contributed by atoms with van der Waals surface area (Å²) in [6.07, 6.45) is 0. The molecule has 19 heavy (non-hydrogen) atoms. The van der Waals surface area contributed by atoms with Crippen molar-refractivity contribution in [3.8, 4) is 0 Å². The Balaban J connectivity index is 2.51. The van der Waals surface area contributed by atoms with Crippen LogP contribution in [0.5, 0.6) is 0 Å². The SMILES string of the molecule is CCNC(c1cc(Br)sc1C)c1cccc(C)c1I. The van der Waals surface area contributed by atoms with E-state index in [1.54, 1.807) is 11.3 Å². The number of hydrogen-bond donors (Lipinski definition) is 1. The van der Waals surface area contributed by atoms with Crippen LogP contribution in [-0.2, 0) is 0 Å². The first-order valence-corrected chi connectivity index (χ1v) is 8.97. The highest BCUT2D eigenvalue weighted by Crippen LogP contribution is 2.35. The van der Waals surface area contributed by atoms with Gasteiger partial charge in [0.1, 0.15) is 0 Å². The van der Waals surface area contributed by atoms with Crippen LogP contribution in [0, 0.1) is 17.4 Å². The summed E-state index contributed by atoms with van der Waals surface area (Å²) in [7, 11) is 0. The van der Waals surface area contributed by atoms with Gasteiger partial charge in [0.25, 0.3) is 0 Å². The molecule has 102 valence electrons. The number of hydrogen-bond acceptors (Lipinski definition) is 2. The van der Waals surface area contributed by atoms with Gasteiger partial charge in [-0.25, -0.2) is 0 Å². The van der Waals surface area contributed by atoms with Gasteiger partial charge in [0.15, 0.2) is 0 Å². The third kappa shape index (κ3) is 3.40. The third-order valence-electron chi connectivity index (χ3n) is 3.18. The average molecular weight is 450 g/mol. The lowest BCUT2D eigenvalue weighted by atomic mass is 9.98. The molecule has 0 bridgehead atoms. The first-order valence-electron chi connectivity index (χ1n) is 6.28. The molecule has 1 aromatic heterocycles. The molecule has 2 aromatic rings. The number of rotatable bonds is 4. The molecule has 1 aromatic carbocycles. The van der Waals surface area contributed by atoms with Crippen molar-refractivity contribution in [3.05, 3.63) is 53.2 Å². The smallest absolute Gasteiger partial charge is 0.0704 e. The van der Waals surface area contributed by atoms with Gasteiger partial charge in [-0.1, -0.05) is 25.1 Å². The summed E-state index contributed by atoms with van der Waals surface area (Å²) in [6.45, 7) is 7.48. The molecule has 0 radical (unpaired) electrons. The van der Waals surface area contributed by atoms with Crippen LogP contribution in [0.4, 0.5) is 0 Å². The average Bonchev–Trinajstić information content (AvgIpc) is 2.69. The Morgan fingerprint density at radius 3 is 2.63 bits per heavy atom. The molecule has 0 fully saturated rings. The van der Waals surface area contributed by atoms with E-state index in [2.05, 4.69) is 88.9 Å². The Kier molecular flexibility index (Phi) is 5.45. The van der Waals surface area contributed by atoms with Gasteiger partial charge in [0.2, 0.25) is 0 Å². The summed E-state index contributed by atoms with van der Waals surface area (Å²) in [5.41, 5.74) is 4.09. The van der Waals surface area contributed by atoms with Gasteiger partial charge in [-0.15, -0.1) is 11.3 Å². The van der Waals surface area contributed by atoms with E-state index >= 15 is 0 Å². The van der Waals surface area contributed by atoms with Crippen molar-refractivity contribution < 1.29 is 0 Å². The first-order chi connectivity index (χ1) is 9.04. The molecule has 0 saturated heterocycles. The minimum absolute atomic E-state index is 0.277. The molecule has 0 amide bonds. The van der Waals surface area contributed by atoms with E-state index in [4.69, 9.17) is 0 Å². The Morgan fingerprint density at radius 2 is 2.05 bits per heavy atom. The van der Waals surface area contributed by atoms with Gasteiger partial charge >= 0.3 is 0 Å². The maximum Gasteiger partial charge on any atom is 0.0704 e. The van der Waals surface area contributed by atoms with Crippen LogP contribution in [-0.4, -0.2) is 6.54 Å². The van der Waals surface area contributed by atoms with Crippen molar-refractivity contribution in [2.75, 3.05) is 6.54 Å². The molecule has 2 rings (SSSR count).